The minimum absolute atomic E-state index is 0.00543. The predicted octanol–water partition coefficient (Wildman–Crippen LogP) is 1.73. The van der Waals surface area contributed by atoms with Crippen LogP contribution in [0.5, 0.6) is 0 Å². The Morgan fingerprint density at radius 2 is 1.75 bits per heavy atom. The third kappa shape index (κ3) is 6.33. The number of hydrogen-bond donors (Lipinski definition) is 4. The Hall–Kier alpha value is -3.51. The van der Waals surface area contributed by atoms with Gasteiger partial charge in [0.25, 0.3) is 11.8 Å². The lowest BCUT2D eigenvalue weighted by atomic mass is 9.63. The second kappa shape index (κ2) is 13.1. The fourth-order valence-corrected chi connectivity index (χ4v) is 9.18. The van der Waals surface area contributed by atoms with Crippen molar-refractivity contribution in [2.45, 2.75) is 142 Å². The quantitative estimate of drug-likeness (QED) is 0.256. The summed E-state index contributed by atoms with van der Waals surface area (Å²) in [7, 11) is 0. The number of rotatable bonds is 10. The van der Waals surface area contributed by atoms with Crippen molar-refractivity contribution in [2.75, 3.05) is 6.54 Å². The molecule has 264 valence electrons. The topological polar surface area (TPSA) is 175 Å². The number of ketones is 1. The van der Waals surface area contributed by atoms with Gasteiger partial charge in [-0.25, -0.2) is 0 Å². The lowest BCUT2D eigenvalue weighted by Gasteiger charge is -2.48. The van der Waals surface area contributed by atoms with Gasteiger partial charge in [0.1, 0.15) is 36.0 Å². The van der Waals surface area contributed by atoms with Crippen molar-refractivity contribution in [3.05, 3.63) is 0 Å². The SMILES string of the molecule is CCC12CC[C@H]3CN(C(=O)[C@@H](NC(=O)[C@@H](NC(=O)C4=NOC(C)C4)C4CCCCC4)C(C)(C)C)[C@H](C(=O)N[C@@H]1C(=O)C(=O)NC1CC1)[C@H]32. The molecule has 48 heavy (non-hydrogen) atoms. The van der Waals surface area contributed by atoms with Crippen molar-refractivity contribution in [1.29, 1.82) is 0 Å². The van der Waals surface area contributed by atoms with Crippen LogP contribution in [0.25, 0.3) is 0 Å². The normalized spacial score (nSPS) is 32.7. The Kier molecular flexibility index (Phi) is 9.36. The molecule has 4 N–H and O–H groups in total. The standard InChI is InChI=1S/C35H52N6O7/c1-6-35-15-14-20-17-41(25(23(20)35)31(45)38-27(35)26(42)32(46)36-21-12-13-21)33(47)28(34(3,4)5)39-30(44)24(19-10-8-7-9-11-19)37-29(43)22-16-18(2)48-40-22/h18-21,23-25,27-28H,6-17H2,1-5H3,(H,36,46)(H,37,43)(H,38,45)(H,39,44)/t18?,20-,23-,24-,25-,27+,28+,35?/m0/s1. The minimum atomic E-state index is -0.980. The predicted molar refractivity (Wildman–Crippen MR) is 175 cm³/mol. The lowest BCUT2D eigenvalue weighted by molar-refractivity contribution is -0.153. The molecular formula is C35H52N6O7. The molecule has 13 nitrogen and oxygen atoms in total. The number of Topliss-reactive ketones (excluding diaryl/α,β-unsaturated/α-hetero) is 1. The number of likely N-dealkylation sites (tertiary alicyclic amines) is 1. The van der Waals surface area contributed by atoms with E-state index in [1.807, 2.05) is 34.6 Å². The highest BCUT2D eigenvalue weighted by molar-refractivity contribution is 6.39. The third-order valence-corrected chi connectivity index (χ3v) is 11.9. The molecule has 2 saturated heterocycles. The molecule has 3 aliphatic heterocycles. The molecule has 3 heterocycles. The molecule has 13 heteroatoms. The molecule has 3 saturated carbocycles. The van der Waals surface area contributed by atoms with Gasteiger partial charge in [0.15, 0.2) is 0 Å². The molecule has 0 bridgehead atoms. The fraction of sp³-hybridized carbons (Fsp3) is 0.800. The second-order valence-corrected chi connectivity index (χ2v) is 16.2. The Labute approximate surface area is 282 Å². The highest BCUT2D eigenvalue weighted by Gasteiger charge is 2.67. The van der Waals surface area contributed by atoms with Crippen LogP contribution in [-0.4, -0.2) is 88.8 Å². The van der Waals surface area contributed by atoms with E-state index in [2.05, 4.69) is 26.4 Å². The Balaban J connectivity index is 1.22. The molecule has 2 unspecified atom stereocenters. The molecule has 0 aromatic heterocycles. The van der Waals surface area contributed by atoms with Crippen LogP contribution in [0.3, 0.4) is 0 Å². The van der Waals surface area contributed by atoms with Crippen molar-refractivity contribution in [3.63, 3.8) is 0 Å². The van der Waals surface area contributed by atoms with Gasteiger partial charge in [-0.15, -0.1) is 0 Å². The van der Waals surface area contributed by atoms with Crippen LogP contribution in [0.4, 0.5) is 0 Å². The number of hydrogen-bond acceptors (Lipinski definition) is 8. The van der Waals surface area contributed by atoms with E-state index in [9.17, 15) is 28.8 Å². The van der Waals surface area contributed by atoms with E-state index in [4.69, 9.17) is 4.84 Å². The molecule has 0 aromatic rings. The number of nitrogens with one attached hydrogen (secondary N) is 4. The number of carbonyl (C=O) groups is 6. The zero-order valence-corrected chi connectivity index (χ0v) is 28.9. The molecule has 8 atom stereocenters. The van der Waals surface area contributed by atoms with Gasteiger partial charge >= 0.3 is 0 Å². The van der Waals surface area contributed by atoms with Crippen LogP contribution in [0.15, 0.2) is 5.16 Å². The lowest BCUT2D eigenvalue weighted by Crippen LogP contribution is -2.69. The van der Waals surface area contributed by atoms with E-state index in [1.165, 1.54) is 0 Å². The van der Waals surface area contributed by atoms with Gasteiger partial charge in [0, 0.05) is 30.3 Å². The van der Waals surface area contributed by atoms with Gasteiger partial charge in [-0.2, -0.15) is 0 Å². The largest absolute Gasteiger partial charge is 0.392 e. The zero-order chi connectivity index (χ0) is 34.5. The van der Waals surface area contributed by atoms with E-state index in [1.54, 1.807) is 4.90 Å². The minimum Gasteiger partial charge on any atom is -0.392 e. The van der Waals surface area contributed by atoms with Gasteiger partial charge in [0.2, 0.25) is 23.5 Å². The fourth-order valence-electron chi connectivity index (χ4n) is 9.18. The van der Waals surface area contributed by atoms with Crippen LogP contribution >= 0.6 is 0 Å². The third-order valence-electron chi connectivity index (χ3n) is 11.9. The average molecular weight is 669 g/mol. The molecular weight excluding hydrogens is 616 g/mol. The second-order valence-electron chi connectivity index (χ2n) is 16.2. The summed E-state index contributed by atoms with van der Waals surface area (Å²) in [5.74, 6) is -3.30. The molecule has 0 spiro atoms. The number of oxime groups is 1. The Morgan fingerprint density at radius 3 is 2.35 bits per heavy atom. The number of piperidine rings is 1. The molecule has 3 aliphatic carbocycles. The van der Waals surface area contributed by atoms with Gasteiger partial charge < -0.3 is 31.0 Å². The molecule has 6 aliphatic rings. The Bertz CT molecular complexity index is 1380. The first-order valence-electron chi connectivity index (χ1n) is 18.0. The van der Waals surface area contributed by atoms with Gasteiger partial charge in [-0.1, -0.05) is 52.1 Å². The monoisotopic (exact) mass is 668 g/mol. The van der Waals surface area contributed by atoms with E-state index >= 15 is 0 Å². The first-order valence-corrected chi connectivity index (χ1v) is 18.0. The van der Waals surface area contributed by atoms with Gasteiger partial charge in [-0.3, -0.25) is 28.8 Å². The number of nitrogens with zero attached hydrogens (tertiary/aromatic N) is 2. The first-order chi connectivity index (χ1) is 22.7. The Morgan fingerprint density at radius 1 is 1.04 bits per heavy atom. The summed E-state index contributed by atoms with van der Waals surface area (Å²) >= 11 is 0. The summed E-state index contributed by atoms with van der Waals surface area (Å²) < 4.78 is 0. The van der Waals surface area contributed by atoms with E-state index < -0.39 is 64.4 Å². The van der Waals surface area contributed by atoms with Crippen LogP contribution < -0.4 is 21.3 Å². The van der Waals surface area contributed by atoms with Crippen LogP contribution in [-0.2, 0) is 33.6 Å². The molecule has 0 aromatic carbocycles. The number of amides is 5. The summed E-state index contributed by atoms with van der Waals surface area (Å²) in [6.07, 6.45) is 8.36. The summed E-state index contributed by atoms with van der Waals surface area (Å²) in [6, 6.07) is -3.56. The highest BCUT2D eigenvalue weighted by atomic mass is 16.6. The van der Waals surface area contributed by atoms with Gasteiger partial charge in [0.05, 0.1) is 0 Å². The summed E-state index contributed by atoms with van der Waals surface area (Å²) in [5, 5.41) is 15.5. The van der Waals surface area contributed by atoms with E-state index in [0.29, 0.717) is 25.8 Å². The van der Waals surface area contributed by atoms with Crippen molar-refractivity contribution in [1.82, 2.24) is 26.2 Å². The van der Waals surface area contributed by atoms with Crippen molar-refractivity contribution >= 4 is 41.0 Å². The van der Waals surface area contributed by atoms with Crippen LogP contribution in [0.2, 0.25) is 0 Å². The molecule has 0 radical (unpaired) electrons. The summed E-state index contributed by atoms with van der Waals surface area (Å²) in [6.45, 7) is 9.76. The smallest absolute Gasteiger partial charge is 0.289 e. The maximum absolute atomic E-state index is 14.6. The van der Waals surface area contributed by atoms with Crippen molar-refractivity contribution < 1.29 is 33.6 Å². The van der Waals surface area contributed by atoms with Crippen molar-refractivity contribution in [2.24, 2.45) is 33.7 Å². The summed E-state index contributed by atoms with van der Waals surface area (Å²) in [4.78, 5) is 89.0. The highest BCUT2D eigenvalue weighted by Crippen LogP contribution is 2.59. The molecule has 5 amide bonds. The van der Waals surface area contributed by atoms with Gasteiger partial charge in [-0.05, 0) is 69.1 Å². The summed E-state index contributed by atoms with van der Waals surface area (Å²) in [5.41, 5.74) is -1.12. The maximum atomic E-state index is 14.6. The van der Waals surface area contributed by atoms with Crippen LogP contribution in [0.1, 0.15) is 105 Å². The van der Waals surface area contributed by atoms with E-state index in [-0.39, 0.29) is 41.5 Å². The van der Waals surface area contributed by atoms with Crippen molar-refractivity contribution in [3.8, 4) is 0 Å². The number of carbonyl (C=O) groups excluding carboxylic acids is 6. The average Bonchev–Trinajstić information content (AvgIpc) is 3.43. The van der Waals surface area contributed by atoms with Crippen LogP contribution in [0, 0.1) is 28.6 Å². The van der Waals surface area contributed by atoms with E-state index in [0.717, 1.165) is 51.4 Å². The molecule has 6 rings (SSSR count). The zero-order valence-electron chi connectivity index (χ0n) is 28.9. The maximum Gasteiger partial charge on any atom is 0.289 e. The first kappa shape index (κ1) is 34.4. The molecule has 5 fully saturated rings.